The fraction of sp³-hybridized carbons (Fsp3) is 0.294. The highest BCUT2D eigenvalue weighted by Crippen LogP contribution is 2.34. The van der Waals surface area contributed by atoms with Gasteiger partial charge in [-0.2, -0.15) is 0 Å². The van der Waals surface area contributed by atoms with Crippen LogP contribution in [0.5, 0.6) is 11.5 Å². The van der Waals surface area contributed by atoms with E-state index in [2.05, 4.69) is 57.8 Å². The third-order valence-electron chi connectivity index (χ3n) is 3.34. The van der Waals surface area contributed by atoms with Crippen molar-refractivity contribution in [3.63, 3.8) is 0 Å². The van der Waals surface area contributed by atoms with Crippen LogP contribution in [0.25, 0.3) is 0 Å². The minimum absolute atomic E-state index is 0.155. The fourth-order valence-electron chi connectivity index (χ4n) is 2.07. The van der Waals surface area contributed by atoms with E-state index in [1.54, 1.807) is 0 Å². The van der Waals surface area contributed by atoms with Crippen LogP contribution in [0.2, 0.25) is 0 Å². The Morgan fingerprint density at radius 1 is 1.10 bits per heavy atom. The van der Waals surface area contributed by atoms with Crippen molar-refractivity contribution in [1.29, 1.82) is 0 Å². The van der Waals surface area contributed by atoms with Gasteiger partial charge in [0.1, 0.15) is 11.5 Å². The van der Waals surface area contributed by atoms with Gasteiger partial charge >= 0.3 is 0 Å². The highest BCUT2D eigenvalue weighted by Gasteiger charge is 2.11. The average molecular weight is 413 g/mol. The summed E-state index contributed by atoms with van der Waals surface area (Å²) in [7, 11) is 0. The molecular weight excluding hydrogens is 394 g/mol. The molecule has 0 saturated heterocycles. The number of ether oxygens (including phenoxy) is 1. The zero-order valence-electron chi connectivity index (χ0n) is 12.2. The van der Waals surface area contributed by atoms with Crippen molar-refractivity contribution in [3.8, 4) is 11.5 Å². The maximum Gasteiger partial charge on any atom is 0.141 e. The smallest absolute Gasteiger partial charge is 0.141 e. The first-order valence-corrected chi connectivity index (χ1v) is 8.56. The predicted molar refractivity (Wildman–Crippen MR) is 95.1 cm³/mol. The second kappa shape index (κ2) is 7.43. The molecule has 2 N–H and O–H groups in total. The summed E-state index contributed by atoms with van der Waals surface area (Å²) >= 11 is 6.97. The van der Waals surface area contributed by atoms with Crippen LogP contribution >= 0.6 is 31.9 Å². The summed E-state index contributed by atoms with van der Waals surface area (Å²) in [5.41, 5.74) is 8.47. The van der Waals surface area contributed by atoms with E-state index >= 15 is 0 Å². The lowest BCUT2D eigenvalue weighted by Crippen LogP contribution is -2.21. The van der Waals surface area contributed by atoms with Gasteiger partial charge in [-0.3, -0.25) is 0 Å². The van der Waals surface area contributed by atoms with Gasteiger partial charge in [0.2, 0.25) is 0 Å². The number of halogens is 2. The molecule has 4 heteroatoms. The highest BCUT2D eigenvalue weighted by atomic mass is 79.9. The molecule has 0 bridgehead atoms. The largest absolute Gasteiger partial charge is 0.456 e. The summed E-state index contributed by atoms with van der Waals surface area (Å²) in [5, 5.41) is 0. The van der Waals surface area contributed by atoms with Crippen molar-refractivity contribution < 1.29 is 4.74 Å². The van der Waals surface area contributed by atoms with Crippen molar-refractivity contribution in [2.45, 2.75) is 32.7 Å². The number of rotatable bonds is 5. The maximum absolute atomic E-state index is 6.10. The van der Waals surface area contributed by atoms with Gasteiger partial charge in [-0.25, -0.2) is 0 Å². The third kappa shape index (κ3) is 4.56. The summed E-state index contributed by atoms with van der Waals surface area (Å²) in [4.78, 5) is 0. The normalized spacial score (nSPS) is 12.2. The second-order valence-corrected chi connectivity index (χ2v) is 6.93. The number of hydrogen-bond donors (Lipinski definition) is 1. The first kappa shape index (κ1) is 16.5. The van der Waals surface area contributed by atoms with Crippen LogP contribution in [0.1, 0.15) is 24.5 Å². The fourth-order valence-corrected chi connectivity index (χ4v) is 3.20. The molecule has 0 aliphatic carbocycles. The lowest BCUT2D eigenvalue weighted by Gasteiger charge is -2.16. The van der Waals surface area contributed by atoms with E-state index < -0.39 is 0 Å². The lowest BCUT2D eigenvalue weighted by atomic mass is 10.0. The quantitative estimate of drug-likeness (QED) is 0.694. The minimum atomic E-state index is 0.155. The maximum atomic E-state index is 6.10. The number of hydrogen-bond acceptors (Lipinski definition) is 2. The lowest BCUT2D eigenvalue weighted by molar-refractivity contribution is 0.469. The standard InChI is InChI=1S/C17H19Br2NO/c1-3-14(20)9-12-8-11(2)4-6-16(12)21-17-7-5-13(18)10-15(17)19/h4-8,10,14H,3,9,20H2,1-2H3. The van der Waals surface area contributed by atoms with Crippen molar-refractivity contribution in [3.05, 3.63) is 56.5 Å². The molecule has 21 heavy (non-hydrogen) atoms. The molecule has 2 aromatic rings. The molecule has 0 amide bonds. The Bertz CT molecular complexity index is 628. The van der Waals surface area contributed by atoms with Crippen molar-refractivity contribution in [2.24, 2.45) is 5.73 Å². The molecule has 0 aromatic heterocycles. The van der Waals surface area contributed by atoms with Crippen molar-refractivity contribution >= 4 is 31.9 Å². The first-order chi connectivity index (χ1) is 9.99. The molecule has 112 valence electrons. The van der Waals surface area contributed by atoms with Crippen LogP contribution in [-0.2, 0) is 6.42 Å². The summed E-state index contributed by atoms with van der Waals surface area (Å²) in [6.45, 7) is 4.19. The van der Waals surface area contributed by atoms with Gasteiger partial charge in [0.25, 0.3) is 0 Å². The molecule has 0 spiro atoms. The van der Waals surface area contributed by atoms with E-state index in [0.29, 0.717) is 0 Å². The highest BCUT2D eigenvalue weighted by molar-refractivity contribution is 9.11. The van der Waals surface area contributed by atoms with Crippen LogP contribution in [0.4, 0.5) is 0 Å². The summed E-state index contributed by atoms with van der Waals surface area (Å²) in [6, 6.07) is 12.3. The summed E-state index contributed by atoms with van der Waals surface area (Å²) in [6.07, 6.45) is 1.77. The summed E-state index contributed by atoms with van der Waals surface area (Å²) < 4.78 is 8.00. The van der Waals surface area contributed by atoms with Crippen LogP contribution in [0.15, 0.2) is 45.3 Å². The van der Waals surface area contributed by atoms with E-state index in [-0.39, 0.29) is 6.04 Å². The van der Waals surface area contributed by atoms with Crippen molar-refractivity contribution in [2.75, 3.05) is 0 Å². The van der Waals surface area contributed by atoms with Crippen LogP contribution in [-0.4, -0.2) is 6.04 Å². The molecule has 0 aliphatic rings. The third-order valence-corrected chi connectivity index (χ3v) is 4.45. The average Bonchev–Trinajstić information content (AvgIpc) is 2.44. The van der Waals surface area contributed by atoms with Gasteiger partial charge in [0.15, 0.2) is 0 Å². The van der Waals surface area contributed by atoms with Gasteiger partial charge in [-0.05, 0) is 65.5 Å². The zero-order chi connectivity index (χ0) is 15.4. The van der Waals surface area contributed by atoms with E-state index in [0.717, 1.165) is 38.8 Å². The Labute approximate surface area is 143 Å². The predicted octanol–water partition coefficient (Wildman–Crippen LogP) is 5.59. The SMILES string of the molecule is CCC(N)Cc1cc(C)ccc1Oc1ccc(Br)cc1Br. The van der Waals surface area contributed by atoms with Gasteiger partial charge in [-0.15, -0.1) is 0 Å². The van der Waals surface area contributed by atoms with Gasteiger partial charge in [-0.1, -0.05) is 40.5 Å². The molecule has 0 saturated carbocycles. The summed E-state index contributed by atoms with van der Waals surface area (Å²) in [5.74, 6) is 1.67. The van der Waals surface area contributed by atoms with Crippen LogP contribution < -0.4 is 10.5 Å². The Hall–Kier alpha value is -0.840. The number of benzene rings is 2. The Kier molecular flexibility index (Phi) is 5.85. The molecule has 2 rings (SSSR count). The Balaban J connectivity index is 2.30. The van der Waals surface area contributed by atoms with E-state index in [9.17, 15) is 0 Å². The number of nitrogens with two attached hydrogens (primary N) is 1. The minimum Gasteiger partial charge on any atom is -0.456 e. The van der Waals surface area contributed by atoms with Crippen LogP contribution in [0, 0.1) is 6.92 Å². The monoisotopic (exact) mass is 411 g/mol. The zero-order valence-corrected chi connectivity index (χ0v) is 15.4. The van der Waals surface area contributed by atoms with Gasteiger partial charge < -0.3 is 10.5 Å². The molecule has 2 nitrogen and oxygen atoms in total. The number of aryl methyl sites for hydroxylation is 1. The van der Waals surface area contributed by atoms with Gasteiger partial charge in [0, 0.05) is 10.5 Å². The molecular formula is C17H19Br2NO. The van der Waals surface area contributed by atoms with E-state index in [1.807, 2.05) is 24.3 Å². The Morgan fingerprint density at radius 2 is 1.81 bits per heavy atom. The topological polar surface area (TPSA) is 35.2 Å². The molecule has 1 unspecified atom stereocenters. The van der Waals surface area contributed by atoms with E-state index in [4.69, 9.17) is 10.5 Å². The van der Waals surface area contributed by atoms with Crippen molar-refractivity contribution in [1.82, 2.24) is 0 Å². The second-order valence-electron chi connectivity index (χ2n) is 5.16. The first-order valence-electron chi connectivity index (χ1n) is 6.97. The molecule has 0 aliphatic heterocycles. The molecule has 0 fully saturated rings. The molecule has 0 heterocycles. The van der Waals surface area contributed by atoms with Gasteiger partial charge in [0.05, 0.1) is 4.47 Å². The molecule has 0 radical (unpaired) electrons. The molecule has 2 aromatic carbocycles. The van der Waals surface area contributed by atoms with E-state index in [1.165, 1.54) is 5.56 Å². The molecule has 1 atom stereocenters. The van der Waals surface area contributed by atoms with Crippen LogP contribution in [0.3, 0.4) is 0 Å². The Morgan fingerprint density at radius 3 is 2.48 bits per heavy atom.